The fourth-order valence-electron chi connectivity index (χ4n) is 3.84. The summed E-state index contributed by atoms with van der Waals surface area (Å²) in [6.07, 6.45) is 0. The van der Waals surface area contributed by atoms with Crippen LogP contribution in [0.1, 0.15) is 37.9 Å². The van der Waals surface area contributed by atoms with Gasteiger partial charge < -0.3 is 9.80 Å². The van der Waals surface area contributed by atoms with Gasteiger partial charge in [-0.25, -0.2) is 4.79 Å². The van der Waals surface area contributed by atoms with Crippen molar-refractivity contribution in [2.45, 2.75) is 26.8 Å². The van der Waals surface area contributed by atoms with Crippen LogP contribution in [-0.2, 0) is 0 Å². The molecule has 0 spiro atoms. The van der Waals surface area contributed by atoms with E-state index in [0.717, 1.165) is 36.4 Å². The molecule has 6 heteroatoms. The van der Waals surface area contributed by atoms with Gasteiger partial charge in [-0.1, -0.05) is 55.8 Å². The molecule has 2 amide bonds. The van der Waals surface area contributed by atoms with Crippen LogP contribution in [0.5, 0.6) is 0 Å². The van der Waals surface area contributed by atoms with Gasteiger partial charge in [0, 0.05) is 30.2 Å². The molecule has 1 heterocycles. The molecule has 0 N–H and O–H groups in total. The second-order valence-electron chi connectivity index (χ2n) is 6.76. The topological polar surface area (TPSA) is 26.8 Å². The summed E-state index contributed by atoms with van der Waals surface area (Å²) in [7, 11) is 0. The van der Waals surface area contributed by atoms with Crippen LogP contribution < -0.4 is 4.90 Å². The van der Waals surface area contributed by atoms with Crippen LogP contribution in [0.4, 0.5) is 10.5 Å². The molecule has 1 unspecified atom stereocenters. The van der Waals surface area contributed by atoms with E-state index in [9.17, 15) is 4.79 Å². The summed E-state index contributed by atoms with van der Waals surface area (Å²) >= 11 is 6.35. The Labute approximate surface area is 190 Å². The van der Waals surface area contributed by atoms with Gasteiger partial charge in [0.2, 0.25) is 0 Å². The van der Waals surface area contributed by atoms with Crippen LogP contribution in [0, 0.1) is 0 Å². The first-order valence-corrected chi connectivity index (χ1v) is 10.1. The molecule has 0 saturated heterocycles. The maximum Gasteiger partial charge on any atom is 0.325 e. The number of carbonyl (C=O) groups excluding carboxylic acids is 1. The summed E-state index contributed by atoms with van der Waals surface area (Å²) in [5.41, 5.74) is 3.17. The molecular formula is C22H29ClIN3O. The quantitative estimate of drug-likeness (QED) is 0.447. The zero-order valence-electron chi connectivity index (χ0n) is 16.8. The maximum atomic E-state index is 13.4. The van der Waals surface area contributed by atoms with Gasteiger partial charge in [-0.05, 0) is 43.8 Å². The predicted octanol–water partition coefficient (Wildman–Crippen LogP) is 5.65. The molecule has 3 rings (SSSR count). The second-order valence-corrected chi connectivity index (χ2v) is 7.20. The Hall–Kier alpha value is -1.31. The molecule has 2 aromatic carbocycles. The number of anilines is 1. The number of amides is 2. The van der Waals surface area contributed by atoms with Gasteiger partial charge in [-0.2, -0.15) is 0 Å². The van der Waals surface area contributed by atoms with Crippen molar-refractivity contribution in [2.24, 2.45) is 0 Å². The number of carbonyl (C=O) groups is 1. The maximum absolute atomic E-state index is 13.4. The molecule has 1 atom stereocenters. The number of rotatable bonds is 7. The highest BCUT2D eigenvalue weighted by molar-refractivity contribution is 14.0. The summed E-state index contributed by atoms with van der Waals surface area (Å²) in [6, 6.07) is 16.0. The standard InChI is InChI=1S/C22H28ClN3O.HI/c1-4-24(5-2)14-15-26-21(17-10-8-7-9-11-17)19-16-18(23)12-13-20(19)25(6-3)22(26)27;/h7-13,16,21H,4-6,14-15H2,1-3H3;1H. The number of likely N-dealkylation sites (N-methyl/N-ethyl adjacent to an activating group) is 1. The average molecular weight is 514 g/mol. The van der Waals surface area contributed by atoms with E-state index in [1.807, 2.05) is 53.1 Å². The minimum atomic E-state index is -0.120. The molecule has 2 aromatic rings. The molecule has 0 saturated carbocycles. The first kappa shape index (κ1) is 23.0. The van der Waals surface area contributed by atoms with Crippen molar-refractivity contribution >= 4 is 47.3 Å². The lowest BCUT2D eigenvalue weighted by Crippen LogP contribution is -2.51. The van der Waals surface area contributed by atoms with Gasteiger partial charge in [0.15, 0.2) is 0 Å². The number of hydrogen-bond acceptors (Lipinski definition) is 2. The Kier molecular flexibility index (Phi) is 8.58. The Morgan fingerprint density at radius 1 is 1.04 bits per heavy atom. The first-order chi connectivity index (χ1) is 13.1. The monoisotopic (exact) mass is 513 g/mol. The molecule has 0 aromatic heterocycles. The summed E-state index contributed by atoms with van der Waals surface area (Å²) < 4.78 is 0. The third-order valence-corrected chi connectivity index (χ3v) is 5.58. The zero-order valence-corrected chi connectivity index (χ0v) is 19.9. The molecule has 152 valence electrons. The minimum Gasteiger partial charge on any atom is -0.312 e. The molecular weight excluding hydrogens is 485 g/mol. The van der Waals surface area contributed by atoms with Crippen molar-refractivity contribution in [1.82, 2.24) is 9.80 Å². The Bertz CT molecular complexity index is 783. The van der Waals surface area contributed by atoms with E-state index in [1.54, 1.807) is 0 Å². The van der Waals surface area contributed by atoms with Crippen molar-refractivity contribution in [2.75, 3.05) is 37.6 Å². The molecule has 28 heavy (non-hydrogen) atoms. The lowest BCUT2D eigenvalue weighted by molar-refractivity contribution is 0.172. The van der Waals surface area contributed by atoms with Gasteiger partial charge >= 0.3 is 6.03 Å². The largest absolute Gasteiger partial charge is 0.325 e. The highest BCUT2D eigenvalue weighted by Gasteiger charge is 2.37. The molecule has 1 aliphatic rings. The number of fused-ring (bicyclic) bond motifs is 1. The fourth-order valence-corrected chi connectivity index (χ4v) is 4.02. The third kappa shape index (κ3) is 4.63. The summed E-state index contributed by atoms with van der Waals surface area (Å²) in [6.45, 7) is 10.5. The smallest absolute Gasteiger partial charge is 0.312 e. The highest BCUT2D eigenvalue weighted by atomic mass is 127. The van der Waals surface area contributed by atoms with Gasteiger partial charge in [-0.3, -0.25) is 4.90 Å². The van der Waals surface area contributed by atoms with Crippen LogP contribution in [-0.4, -0.2) is 48.6 Å². The lowest BCUT2D eigenvalue weighted by atomic mass is 9.93. The Balaban J connectivity index is 0.00000280. The van der Waals surface area contributed by atoms with Gasteiger partial charge in [0.25, 0.3) is 0 Å². The lowest BCUT2D eigenvalue weighted by Gasteiger charge is -2.43. The van der Waals surface area contributed by atoms with E-state index in [2.05, 4.69) is 30.9 Å². The zero-order chi connectivity index (χ0) is 19.4. The van der Waals surface area contributed by atoms with Crippen molar-refractivity contribution in [1.29, 1.82) is 0 Å². The van der Waals surface area contributed by atoms with Crippen LogP contribution in [0.25, 0.3) is 0 Å². The molecule has 0 radical (unpaired) electrons. The number of hydrogen-bond donors (Lipinski definition) is 0. The normalized spacial score (nSPS) is 16.2. The molecule has 0 aliphatic carbocycles. The van der Waals surface area contributed by atoms with Crippen molar-refractivity contribution < 1.29 is 4.79 Å². The Morgan fingerprint density at radius 3 is 2.32 bits per heavy atom. The van der Waals surface area contributed by atoms with Crippen molar-refractivity contribution in [3.05, 3.63) is 64.7 Å². The van der Waals surface area contributed by atoms with Crippen LogP contribution in [0.2, 0.25) is 5.02 Å². The summed E-state index contributed by atoms with van der Waals surface area (Å²) in [5.74, 6) is 0. The second kappa shape index (κ2) is 10.5. The van der Waals surface area contributed by atoms with Crippen molar-refractivity contribution in [3.63, 3.8) is 0 Å². The predicted molar refractivity (Wildman–Crippen MR) is 128 cm³/mol. The van der Waals surface area contributed by atoms with Crippen LogP contribution >= 0.6 is 35.6 Å². The number of benzene rings is 2. The van der Waals surface area contributed by atoms with Gasteiger partial charge in [0.1, 0.15) is 0 Å². The van der Waals surface area contributed by atoms with E-state index in [0.29, 0.717) is 18.1 Å². The van der Waals surface area contributed by atoms with Crippen molar-refractivity contribution in [3.8, 4) is 0 Å². The molecule has 1 aliphatic heterocycles. The number of halogens is 2. The summed E-state index contributed by atoms with van der Waals surface area (Å²) in [5, 5.41) is 0.698. The van der Waals surface area contributed by atoms with E-state index in [1.165, 1.54) is 0 Å². The SMILES string of the molecule is CCN(CC)CCN1C(=O)N(CC)c2ccc(Cl)cc2C1c1ccccc1.I. The first-order valence-electron chi connectivity index (χ1n) is 9.75. The molecule has 4 nitrogen and oxygen atoms in total. The average Bonchev–Trinajstić information content (AvgIpc) is 2.69. The number of nitrogens with zero attached hydrogens (tertiary/aromatic N) is 3. The summed E-state index contributed by atoms with van der Waals surface area (Å²) in [4.78, 5) is 19.6. The van der Waals surface area contributed by atoms with Gasteiger partial charge in [0.05, 0.1) is 11.7 Å². The molecule has 0 fully saturated rings. The van der Waals surface area contributed by atoms with E-state index < -0.39 is 0 Å². The van der Waals surface area contributed by atoms with Gasteiger partial charge in [-0.15, -0.1) is 24.0 Å². The van der Waals surface area contributed by atoms with E-state index >= 15 is 0 Å². The van der Waals surface area contributed by atoms with Crippen LogP contribution in [0.3, 0.4) is 0 Å². The number of urea groups is 1. The fraction of sp³-hybridized carbons (Fsp3) is 0.409. The minimum absolute atomic E-state index is 0. The molecule has 0 bridgehead atoms. The van der Waals surface area contributed by atoms with Crippen LogP contribution in [0.15, 0.2) is 48.5 Å². The highest BCUT2D eigenvalue weighted by Crippen LogP contribution is 2.41. The third-order valence-electron chi connectivity index (χ3n) is 5.35. The van der Waals surface area contributed by atoms with E-state index in [-0.39, 0.29) is 36.0 Å². The Morgan fingerprint density at radius 2 is 1.71 bits per heavy atom. The van der Waals surface area contributed by atoms with E-state index in [4.69, 9.17) is 11.6 Å².